The fourth-order valence-corrected chi connectivity index (χ4v) is 4.72. The zero-order chi connectivity index (χ0) is 21.1. The second kappa shape index (κ2) is 12.1. The average molecular weight is 426 g/mol. The van der Waals surface area contributed by atoms with Crippen molar-refractivity contribution in [1.29, 1.82) is 0 Å². The van der Waals surface area contributed by atoms with Crippen LogP contribution in [0.25, 0.3) is 0 Å². The molecule has 0 radical (unpaired) electrons. The topological polar surface area (TPSA) is 86.3 Å². The zero-order valence-corrected chi connectivity index (χ0v) is 18.7. The molecule has 1 saturated heterocycles. The molecule has 2 N–H and O–H groups in total. The molecule has 0 amide bonds. The standard InChI is InChI=1S/C20H35N5O3S/c1-4-21-20(22-11-8-16-28-5-2)23-17-18-9-6-7-10-19(18)29(26,27)25-14-12-24(3)13-15-25/h6-7,9-10H,4-5,8,11-17H2,1-3H3,(H2,21,22,23). The Morgan fingerprint density at radius 3 is 2.55 bits per heavy atom. The van der Waals surface area contributed by atoms with Crippen molar-refractivity contribution in [3.63, 3.8) is 0 Å². The van der Waals surface area contributed by atoms with E-state index in [2.05, 4.69) is 20.5 Å². The van der Waals surface area contributed by atoms with E-state index in [1.54, 1.807) is 16.4 Å². The number of nitrogens with one attached hydrogen (secondary N) is 2. The van der Waals surface area contributed by atoms with Crippen LogP contribution in [0.4, 0.5) is 0 Å². The minimum Gasteiger partial charge on any atom is -0.382 e. The maximum atomic E-state index is 13.2. The monoisotopic (exact) mass is 425 g/mol. The number of likely N-dealkylation sites (N-methyl/N-ethyl adjacent to an activating group) is 1. The highest BCUT2D eigenvalue weighted by molar-refractivity contribution is 7.89. The normalized spacial score (nSPS) is 16.7. The van der Waals surface area contributed by atoms with Crippen molar-refractivity contribution in [3.8, 4) is 0 Å². The molecule has 9 heteroatoms. The molecule has 1 heterocycles. The number of rotatable bonds is 10. The minimum atomic E-state index is -3.52. The van der Waals surface area contributed by atoms with Gasteiger partial charge in [0.1, 0.15) is 0 Å². The van der Waals surface area contributed by atoms with Crippen molar-refractivity contribution < 1.29 is 13.2 Å². The highest BCUT2D eigenvalue weighted by Crippen LogP contribution is 2.22. The van der Waals surface area contributed by atoms with E-state index in [-0.39, 0.29) is 0 Å². The number of sulfonamides is 1. The van der Waals surface area contributed by atoms with Crippen LogP contribution >= 0.6 is 0 Å². The summed E-state index contributed by atoms with van der Waals surface area (Å²) in [7, 11) is -1.51. The summed E-state index contributed by atoms with van der Waals surface area (Å²) in [6.07, 6.45) is 0.882. The van der Waals surface area contributed by atoms with E-state index in [1.807, 2.05) is 33.0 Å². The summed E-state index contributed by atoms with van der Waals surface area (Å²) in [4.78, 5) is 7.08. The lowest BCUT2D eigenvalue weighted by molar-refractivity contribution is 0.145. The Kier molecular flexibility index (Phi) is 9.86. The van der Waals surface area contributed by atoms with Gasteiger partial charge in [0.2, 0.25) is 10.0 Å². The number of hydrogen-bond donors (Lipinski definition) is 2. The van der Waals surface area contributed by atoms with Crippen molar-refractivity contribution in [2.24, 2.45) is 4.99 Å². The second-order valence-corrected chi connectivity index (χ2v) is 8.89. The fourth-order valence-electron chi connectivity index (χ4n) is 3.08. The maximum Gasteiger partial charge on any atom is 0.243 e. The second-order valence-electron chi connectivity index (χ2n) is 6.99. The highest BCUT2D eigenvalue weighted by atomic mass is 32.2. The predicted molar refractivity (Wildman–Crippen MR) is 117 cm³/mol. The van der Waals surface area contributed by atoms with Crippen molar-refractivity contribution in [1.82, 2.24) is 19.8 Å². The van der Waals surface area contributed by atoms with Gasteiger partial charge >= 0.3 is 0 Å². The number of ether oxygens (including phenoxy) is 1. The number of benzene rings is 1. The summed E-state index contributed by atoms with van der Waals surface area (Å²) in [6, 6.07) is 7.15. The molecule has 1 aromatic rings. The zero-order valence-electron chi connectivity index (χ0n) is 17.9. The number of piperazine rings is 1. The van der Waals surface area contributed by atoms with Gasteiger partial charge in [0, 0.05) is 52.5 Å². The largest absolute Gasteiger partial charge is 0.382 e. The average Bonchev–Trinajstić information content (AvgIpc) is 2.72. The third-order valence-electron chi connectivity index (χ3n) is 4.77. The van der Waals surface area contributed by atoms with Crippen molar-refractivity contribution in [2.75, 3.05) is 59.5 Å². The summed E-state index contributed by atoms with van der Waals surface area (Å²) < 4.78 is 33.3. The van der Waals surface area contributed by atoms with E-state index in [1.165, 1.54) is 0 Å². The molecule has 1 aromatic carbocycles. The Morgan fingerprint density at radius 2 is 1.86 bits per heavy atom. The van der Waals surface area contributed by atoms with Gasteiger partial charge in [-0.2, -0.15) is 4.31 Å². The molecule has 0 unspecified atom stereocenters. The molecule has 2 rings (SSSR count). The van der Waals surface area contributed by atoms with E-state index in [0.29, 0.717) is 49.3 Å². The van der Waals surface area contributed by atoms with E-state index in [4.69, 9.17) is 4.74 Å². The van der Waals surface area contributed by atoms with Crippen LogP contribution in [-0.4, -0.2) is 83.1 Å². The van der Waals surface area contributed by atoms with Gasteiger partial charge in [-0.3, -0.25) is 0 Å². The van der Waals surface area contributed by atoms with Gasteiger partial charge < -0.3 is 20.3 Å². The Morgan fingerprint density at radius 1 is 1.14 bits per heavy atom. The molecule has 29 heavy (non-hydrogen) atoms. The van der Waals surface area contributed by atoms with Crippen LogP contribution in [0.5, 0.6) is 0 Å². The number of nitrogens with zero attached hydrogens (tertiary/aromatic N) is 3. The maximum absolute atomic E-state index is 13.2. The van der Waals surface area contributed by atoms with Gasteiger partial charge in [-0.25, -0.2) is 13.4 Å². The van der Waals surface area contributed by atoms with Crippen LogP contribution < -0.4 is 10.6 Å². The van der Waals surface area contributed by atoms with Gasteiger partial charge in [-0.05, 0) is 38.9 Å². The molecule has 0 saturated carbocycles. The Balaban J connectivity index is 2.09. The molecule has 0 aromatic heterocycles. The Labute approximate surface area is 175 Å². The molecule has 1 aliphatic heterocycles. The van der Waals surface area contributed by atoms with Gasteiger partial charge in [0.15, 0.2) is 5.96 Å². The summed E-state index contributed by atoms with van der Waals surface area (Å²) in [5, 5.41) is 6.47. The highest BCUT2D eigenvalue weighted by Gasteiger charge is 2.29. The Bertz CT molecular complexity index is 746. The lowest BCUT2D eigenvalue weighted by Crippen LogP contribution is -2.47. The molecule has 0 bridgehead atoms. The first-order valence-electron chi connectivity index (χ1n) is 10.4. The molecule has 164 valence electrons. The van der Waals surface area contributed by atoms with E-state index in [0.717, 1.165) is 32.6 Å². The number of aliphatic imine (C=N–C) groups is 1. The van der Waals surface area contributed by atoms with Crippen LogP contribution in [0, 0.1) is 0 Å². The van der Waals surface area contributed by atoms with Gasteiger partial charge in [-0.15, -0.1) is 0 Å². The summed E-state index contributed by atoms with van der Waals surface area (Å²) in [5.41, 5.74) is 0.706. The minimum absolute atomic E-state index is 0.296. The molecular weight excluding hydrogens is 390 g/mol. The fraction of sp³-hybridized carbons (Fsp3) is 0.650. The van der Waals surface area contributed by atoms with Crippen LogP contribution in [0.2, 0.25) is 0 Å². The first-order valence-corrected chi connectivity index (χ1v) is 11.8. The van der Waals surface area contributed by atoms with Crippen LogP contribution in [0.15, 0.2) is 34.2 Å². The molecule has 8 nitrogen and oxygen atoms in total. The summed E-state index contributed by atoms with van der Waals surface area (Å²) >= 11 is 0. The van der Waals surface area contributed by atoms with Crippen LogP contribution in [0.3, 0.4) is 0 Å². The van der Waals surface area contributed by atoms with Crippen molar-refractivity contribution in [3.05, 3.63) is 29.8 Å². The van der Waals surface area contributed by atoms with E-state index >= 15 is 0 Å². The van der Waals surface area contributed by atoms with E-state index < -0.39 is 10.0 Å². The molecular formula is C20H35N5O3S. The smallest absolute Gasteiger partial charge is 0.243 e. The molecule has 1 fully saturated rings. The van der Waals surface area contributed by atoms with Crippen LogP contribution in [-0.2, 0) is 21.3 Å². The lowest BCUT2D eigenvalue weighted by atomic mass is 10.2. The summed E-state index contributed by atoms with van der Waals surface area (Å²) in [5.74, 6) is 0.677. The SMILES string of the molecule is CCNC(=NCc1ccccc1S(=O)(=O)N1CCN(C)CC1)NCCCOCC. The first kappa shape index (κ1) is 23.6. The predicted octanol–water partition coefficient (Wildman–Crippen LogP) is 1.10. The quantitative estimate of drug-likeness (QED) is 0.332. The summed E-state index contributed by atoms with van der Waals surface area (Å²) in [6.45, 7) is 9.69. The Hall–Kier alpha value is -1.68. The van der Waals surface area contributed by atoms with E-state index in [9.17, 15) is 8.42 Å². The number of guanidine groups is 1. The molecule has 1 aliphatic rings. The van der Waals surface area contributed by atoms with Gasteiger partial charge in [0.25, 0.3) is 0 Å². The molecule has 0 spiro atoms. The first-order chi connectivity index (χ1) is 14.0. The third-order valence-corrected chi connectivity index (χ3v) is 6.77. The van der Waals surface area contributed by atoms with Gasteiger partial charge in [0.05, 0.1) is 11.4 Å². The lowest BCUT2D eigenvalue weighted by Gasteiger charge is -2.32. The molecule has 0 aliphatic carbocycles. The molecule has 0 atom stereocenters. The van der Waals surface area contributed by atoms with Crippen LogP contribution in [0.1, 0.15) is 25.8 Å². The van der Waals surface area contributed by atoms with Crippen molar-refractivity contribution >= 4 is 16.0 Å². The van der Waals surface area contributed by atoms with Gasteiger partial charge in [-0.1, -0.05) is 18.2 Å². The van der Waals surface area contributed by atoms with Crippen molar-refractivity contribution in [2.45, 2.75) is 31.7 Å². The number of hydrogen-bond acceptors (Lipinski definition) is 5. The third kappa shape index (κ3) is 7.26.